The fraction of sp³-hybridized carbons (Fsp3) is 0.308. The highest BCUT2D eigenvalue weighted by atomic mass is 35.5. The lowest BCUT2D eigenvalue weighted by molar-refractivity contribution is 0.619. The van der Waals surface area contributed by atoms with Crippen LogP contribution in [0, 0.1) is 0 Å². The van der Waals surface area contributed by atoms with E-state index in [9.17, 15) is 4.79 Å². The SMILES string of the molecule is O=c1c2ccccc2ccn1CCCCCl. The standard InChI is InChI=1S/C13H14ClNO/c14-8-3-4-9-15-10-7-11-5-1-2-6-12(11)13(15)16/h1-2,5-7,10H,3-4,8-9H2. The summed E-state index contributed by atoms with van der Waals surface area (Å²) in [5, 5.41) is 1.79. The molecule has 2 rings (SSSR count). The number of aryl methyl sites for hydroxylation is 1. The first-order valence-electron chi connectivity index (χ1n) is 5.47. The van der Waals surface area contributed by atoms with Gasteiger partial charge < -0.3 is 4.57 Å². The molecule has 0 bridgehead atoms. The summed E-state index contributed by atoms with van der Waals surface area (Å²) in [5.41, 5.74) is 0.0904. The first-order chi connectivity index (χ1) is 7.83. The zero-order valence-electron chi connectivity index (χ0n) is 9.03. The number of hydrogen-bond donors (Lipinski definition) is 0. The average Bonchev–Trinajstić information content (AvgIpc) is 2.33. The Morgan fingerprint density at radius 3 is 2.75 bits per heavy atom. The van der Waals surface area contributed by atoms with Crippen LogP contribution in [0.15, 0.2) is 41.3 Å². The van der Waals surface area contributed by atoms with Crippen LogP contribution in [0.4, 0.5) is 0 Å². The lowest BCUT2D eigenvalue weighted by Crippen LogP contribution is -2.19. The van der Waals surface area contributed by atoms with Crippen molar-refractivity contribution in [3.63, 3.8) is 0 Å². The summed E-state index contributed by atoms with van der Waals surface area (Å²) in [6.45, 7) is 0.746. The number of halogens is 1. The molecule has 2 aromatic rings. The highest BCUT2D eigenvalue weighted by molar-refractivity contribution is 6.17. The van der Waals surface area contributed by atoms with Gasteiger partial charge >= 0.3 is 0 Å². The van der Waals surface area contributed by atoms with Crippen LogP contribution in [0.3, 0.4) is 0 Å². The predicted octanol–water partition coefficient (Wildman–Crippen LogP) is 3.02. The molecule has 0 saturated heterocycles. The Hall–Kier alpha value is -1.28. The van der Waals surface area contributed by atoms with Crippen molar-refractivity contribution in [2.24, 2.45) is 0 Å². The van der Waals surface area contributed by atoms with Crippen LogP contribution in [0.5, 0.6) is 0 Å². The second kappa shape index (κ2) is 5.17. The molecular weight excluding hydrogens is 222 g/mol. The van der Waals surface area contributed by atoms with Crippen molar-refractivity contribution in [1.82, 2.24) is 4.57 Å². The van der Waals surface area contributed by atoms with Gasteiger partial charge in [0.05, 0.1) is 0 Å². The normalized spacial score (nSPS) is 10.8. The number of rotatable bonds is 4. The van der Waals surface area contributed by atoms with Crippen LogP contribution in [0.2, 0.25) is 0 Å². The fourth-order valence-corrected chi connectivity index (χ4v) is 1.97. The predicted molar refractivity (Wildman–Crippen MR) is 68.2 cm³/mol. The van der Waals surface area contributed by atoms with Gasteiger partial charge in [0.25, 0.3) is 5.56 Å². The summed E-state index contributed by atoms with van der Waals surface area (Å²) in [7, 11) is 0. The van der Waals surface area contributed by atoms with Gasteiger partial charge in [-0.05, 0) is 30.4 Å². The summed E-state index contributed by atoms with van der Waals surface area (Å²) in [6, 6.07) is 9.65. The minimum atomic E-state index is 0.0904. The van der Waals surface area contributed by atoms with Crippen LogP contribution in [-0.2, 0) is 6.54 Å². The third-order valence-electron chi connectivity index (χ3n) is 2.67. The Morgan fingerprint density at radius 2 is 1.94 bits per heavy atom. The van der Waals surface area contributed by atoms with Gasteiger partial charge in [-0.25, -0.2) is 0 Å². The Balaban J connectivity index is 2.33. The van der Waals surface area contributed by atoms with Gasteiger partial charge in [-0.1, -0.05) is 18.2 Å². The number of unbranched alkanes of at least 4 members (excludes halogenated alkanes) is 1. The van der Waals surface area contributed by atoms with Crippen molar-refractivity contribution in [2.75, 3.05) is 5.88 Å². The first-order valence-corrected chi connectivity index (χ1v) is 6.00. The van der Waals surface area contributed by atoms with Gasteiger partial charge in [-0.2, -0.15) is 0 Å². The molecule has 0 amide bonds. The summed E-state index contributed by atoms with van der Waals surface area (Å²) < 4.78 is 1.76. The zero-order valence-corrected chi connectivity index (χ0v) is 9.78. The van der Waals surface area contributed by atoms with Crippen LogP contribution in [0.25, 0.3) is 10.8 Å². The molecule has 0 aliphatic carbocycles. The molecule has 0 saturated carbocycles. The second-order valence-corrected chi connectivity index (χ2v) is 4.18. The third-order valence-corrected chi connectivity index (χ3v) is 2.94. The lowest BCUT2D eigenvalue weighted by Gasteiger charge is -2.06. The molecule has 0 unspecified atom stereocenters. The second-order valence-electron chi connectivity index (χ2n) is 3.80. The number of aromatic nitrogens is 1. The van der Waals surface area contributed by atoms with Crippen molar-refractivity contribution in [2.45, 2.75) is 19.4 Å². The molecule has 0 aliphatic heterocycles. The van der Waals surface area contributed by atoms with Crippen LogP contribution in [0.1, 0.15) is 12.8 Å². The van der Waals surface area contributed by atoms with Crippen molar-refractivity contribution in [1.29, 1.82) is 0 Å². The molecule has 84 valence electrons. The van der Waals surface area contributed by atoms with Gasteiger partial charge in [0.2, 0.25) is 0 Å². The maximum Gasteiger partial charge on any atom is 0.258 e. The van der Waals surface area contributed by atoms with Crippen molar-refractivity contribution < 1.29 is 0 Å². The van der Waals surface area contributed by atoms with E-state index in [-0.39, 0.29) is 5.56 Å². The lowest BCUT2D eigenvalue weighted by atomic mass is 10.2. The molecule has 16 heavy (non-hydrogen) atoms. The quantitative estimate of drug-likeness (QED) is 0.590. The maximum atomic E-state index is 12.1. The number of benzene rings is 1. The Bertz CT molecular complexity index is 533. The minimum Gasteiger partial charge on any atom is -0.315 e. The summed E-state index contributed by atoms with van der Waals surface area (Å²) in [4.78, 5) is 12.1. The number of alkyl halides is 1. The van der Waals surface area contributed by atoms with E-state index in [0.29, 0.717) is 5.88 Å². The number of pyridine rings is 1. The van der Waals surface area contributed by atoms with Gasteiger partial charge in [0.15, 0.2) is 0 Å². The van der Waals surface area contributed by atoms with E-state index in [1.165, 1.54) is 0 Å². The minimum absolute atomic E-state index is 0.0904. The van der Waals surface area contributed by atoms with Gasteiger partial charge in [-0.15, -0.1) is 11.6 Å². The van der Waals surface area contributed by atoms with E-state index in [0.717, 1.165) is 30.2 Å². The summed E-state index contributed by atoms with van der Waals surface area (Å²) in [6.07, 6.45) is 3.75. The summed E-state index contributed by atoms with van der Waals surface area (Å²) >= 11 is 5.62. The van der Waals surface area contributed by atoms with Crippen LogP contribution >= 0.6 is 11.6 Å². The van der Waals surface area contributed by atoms with E-state index in [2.05, 4.69) is 0 Å². The topological polar surface area (TPSA) is 22.0 Å². The highest BCUT2D eigenvalue weighted by Crippen LogP contribution is 2.08. The van der Waals surface area contributed by atoms with Gasteiger partial charge in [0, 0.05) is 24.0 Å². The monoisotopic (exact) mass is 235 g/mol. The Morgan fingerprint density at radius 1 is 1.12 bits per heavy atom. The molecule has 1 aromatic carbocycles. The van der Waals surface area contributed by atoms with E-state index >= 15 is 0 Å². The zero-order chi connectivity index (χ0) is 11.4. The molecular formula is C13H14ClNO. The molecule has 2 nitrogen and oxygen atoms in total. The summed E-state index contributed by atoms with van der Waals surface area (Å²) in [5.74, 6) is 0.655. The number of fused-ring (bicyclic) bond motifs is 1. The highest BCUT2D eigenvalue weighted by Gasteiger charge is 2.00. The first kappa shape index (κ1) is 11.2. The molecule has 0 aliphatic rings. The number of hydrogen-bond acceptors (Lipinski definition) is 1. The fourth-order valence-electron chi connectivity index (χ4n) is 1.78. The van der Waals surface area contributed by atoms with Gasteiger partial charge in [0.1, 0.15) is 0 Å². The molecule has 0 N–H and O–H groups in total. The van der Waals surface area contributed by atoms with Crippen molar-refractivity contribution in [3.8, 4) is 0 Å². The molecule has 1 aromatic heterocycles. The largest absolute Gasteiger partial charge is 0.315 e. The smallest absolute Gasteiger partial charge is 0.258 e. The molecule has 1 heterocycles. The molecule has 0 fully saturated rings. The van der Waals surface area contributed by atoms with Crippen LogP contribution in [-0.4, -0.2) is 10.4 Å². The number of nitrogens with zero attached hydrogens (tertiary/aromatic N) is 1. The van der Waals surface area contributed by atoms with E-state index in [1.807, 2.05) is 36.5 Å². The van der Waals surface area contributed by atoms with E-state index in [1.54, 1.807) is 4.57 Å². The third kappa shape index (κ3) is 2.27. The van der Waals surface area contributed by atoms with Gasteiger partial charge in [-0.3, -0.25) is 4.79 Å². The molecule has 0 radical (unpaired) electrons. The van der Waals surface area contributed by atoms with E-state index < -0.39 is 0 Å². The Labute approximate surface area is 99.5 Å². The van der Waals surface area contributed by atoms with Crippen molar-refractivity contribution in [3.05, 3.63) is 46.9 Å². The van der Waals surface area contributed by atoms with Crippen LogP contribution < -0.4 is 5.56 Å². The molecule has 3 heteroatoms. The molecule has 0 spiro atoms. The van der Waals surface area contributed by atoms with E-state index in [4.69, 9.17) is 11.6 Å². The molecule has 0 atom stereocenters. The average molecular weight is 236 g/mol. The Kier molecular flexibility index (Phi) is 3.62. The van der Waals surface area contributed by atoms with Crippen molar-refractivity contribution >= 4 is 22.4 Å². The maximum absolute atomic E-state index is 12.1.